The summed E-state index contributed by atoms with van der Waals surface area (Å²) >= 11 is 0. The molecule has 1 aliphatic carbocycles. The lowest BCUT2D eigenvalue weighted by Crippen LogP contribution is -2.48. The molecule has 128 valence electrons. The Bertz CT molecular complexity index is 400. The van der Waals surface area contributed by atoms with Gasteiger partial charge < -0.3 is 4.43 Å². The van der Waals surface area contributed by atoms with Gasteiger partial charge in [-0.3, -0.25) is 0 Å². The van der Waals surface area contributed by atoms with Gasteiger partial charge in [0.05, 0.1) is 5.60 Å². The predicted molar refractivity (Wildman–Crippen MR) is 102 cm³/mol. The molecule has 1 nitrogen and oxygen atoms in total. The van der Waals surface area contributed by atoms with E-state index in [1.807, 2.05) is 0 Å². The van der Waals surface area contributed by atoms with Gasteiger partial charge >= 0.3 is 0 Å². The quantitative estimate of drug-likeness (QED) is 0.413. The first-order valence-electron chi connectivity index (χ1n) is 9.01. The molecule has 1 rings (SSSR count). The molecule has 0 N–H and O–H groups in total. The van der Waals surface area contributed by atoms with Gasteiger partial charge in [0.1, 0.15) is 0 Å². The summed E-state index contributed by atoms with van der Waals surface area (Å²) in [4.78, 5) is 0. The maximum atomic E-state index is 6.81. The van der Waals surface area contributed by atoms with Crippen molar-refractivity contribution in [2.24, 2.45) is 11.8 Å². The molecule has 22 heavy (non-hydrogen) atoms. The van der Waals surface area contributed by atoms with Crippen molar-refractivity contribution in [3.8, 4) is 0 Å². The summed E-state index contributed by atoms with van der Waals surface area (Å²) in [5.74, 6) is 1.35. The number of rotatable bonds is 3. The zero-order valence-corrected chi connectivity index (χ0v) is 17.2. The summed E-state index contributed by atoms with van der Waals surface area (Å²) in [5, 5.41) is 0.256. The summed E-state index contributed by atoms with van der Waals surface area (Å²) in [7, 11) is -1.76. The molecule has 0 fully saturated rings. The average Bonchev–Trinajstić information content (AvgIpc) is 2.34. The van der Waals surface area contributed by atoms with E-state index < -0.39 is 8.32 Å². The highest BCUT2D eigenvalue weighted by molar-refractivity contribution is 6.74. The molecule has 1 aliphatic rings. The van der Waals surface area contributed by atoms with Gasteiger partial charge in [0, 0.05) is 0 Å². The van der Waals surface area contributed by atoms with E-state index in [2.05, 4.69) is 78.9 Å². The normalized spacial score (nSPS) is 31.0. The highest BCUT2D eigenvalue weighted by Crippen LogP contribution is 2.41. The lowest BCUT2D eigenvalue weighted by Gasteiger charge is -2.43. The van der Waals surface area contributed by atoms with Crippen LogP contribution in [-0.2, 0) is 4.43 Å². The van der Waals surface area contributed by atoms with Crippen molar-refractivity contribution in [2.45, 2.75) is 91.0 Å². The van der Waals surface area contributed by atoms with Crippen LogP contribution in [0.1, 0.15) is 67.2 Å². The van der Waals surface area contributed by atoms with Crippen molar-refractivity contribution < 1.29 is 4.43 Å². The highest BCUT2D eigenvalue weighted by Gasteiger charge is 2.42. The first kappa shape index (κ1) is 19.7. The maximum Gasteiger partial charge on any atom is 0.193 e. The van der Waals surface area contributed by atoms with Crippen LogP contribution in [0, 0.1) is 11.8 Å². The number of hydrogen-bond donors (Lipinski definition) is 0. The van der Waals surface area contributed by atoms with Crippen molar-refractivity contribution >= 4 is 8.32 Å². The van der Waals surface area contributed by atoms with Crippen LogP contribution >= 0.6 is 0 Å². The zero-order chi connectivity index (χ0) is 17.0. The highest BCUT2D eigenvalue weighted by atomic mass is 28.4. The van der Waals surface area contributed by atoms with Crippen molar-refractivity contribution in [1.29, 1.82) is 0 Å². The largest absolute Gasteiger partial charge is 0.408 e. The lowest BCUT2D eigenvalue weighted by atomic mass is 9.87. The van der Waals surface area contributed by atoms with Crippen LogP contribution in [0.15, 0.2) is 24.3 Å². The zero-order valence-electron chi connectivity index (χ0n) is 16.2. The molecule has 0 aromatic rings. The molecular weight excluding hydrogens is 284 g/mol. The summed E-state index contributed by atoms with van der Waals surface area (Å²) in [6.07, 6.45) is 14.2. The molecule has 0 bridgehead atoms. The van der Waals surface area contributed by atoms with Crippen molar-refractivity contribution in [3.63, 3.8) is 0 Å². The molecular formula is C20H38OSi. The summed E-state index contributed by atoms with van der Waals surface area (Å²) in [5.41, 5.74) is -0.127. The number of allylic oxidation sites excluding steroid dienone is 3. The second-order valence-electron chi connectivity index (χ2n) is 9.03. The minimum Gasteiger partial charge on any atom is -0.408 e. The summed E-state index contributed by atoms with van der Waals surface area (Å²) in [6, 6.07) is 0. The third kappa shape index (κ3) is 5.70. The van der Waals surface area contributed by atoms with Gasteiger partial charge in [-0.25, -0.2) is 0 Å². The Morgan fingerprint density at radius 2 is 1.73 bits per heavy atom. The topological polar surface area (TPSA) is 9.23 Å². The molecule has 0 saturated carbocycles. The van der Waals surface area contributed by atoms with Gasteiger partial charge in [0.15, 0.2) is 8.32 Å². The minimum atomic E-state index is -1.76. The minimum absolute atomic E-state index is 0.127. The van der Waals surface area contributed by atoms with E-state index in [9.17, 15) is 0 Å². The third-order valence-corrected chi connectivity index (χ3v) is 10.1. The van der Waals surface area contributed by atoms with Gasteiger partial charge in [-0.1, -0.05) is 58.9 Å². The molecule has 0 aromatic carbocycles. The molecule has 0 aliphatic heterocycles. The smallest absolute Gasteiger partial charge is 0.193 e. The van der Waals surface area contributed by atoms with Crippen LogP contribution in [-0.4, -0.2) is 13.9 Å². The molecule has 0 unspecified atom stereocenters. The SMILES string of the molecule is CC(C)[C@H]1/C=C/[C@](C)(O[Si](C)(C)C(C)(C)C)CC/C=C\CC1. The fourth-order valence-corrected chi connectivity index (χ4v) is 4.42. The third-order valence-electron chi connectivity index (χ3n) is 5.49. The van der Waals surface area contributed by atoms with E-state index in [4.69, 9.17) is 4.43 Å². The van der Waals surface area contributed by atoms with E-state index in [1.54, 1.807) is 0 Å². The molecule has 0 heterocycles. The molecule has 0 amide bonds. The van der Waals surface area contributed by atoms with Gasteiger partial charge in [-0.2, -0.15) is 0 Å². The first-order valence-corrected chi connectivity index (χ1v) is 11.9. The second kappa shape index (κ2) is 7.48. The van der Waals surface area contributed by atoms with Crippen LogP contribution in [0.3, 0.4) is 0 Å². The van der Waals surface area contributed by atoms with E-state index in [-0.39, 0.29) is 10.6 Å². The molecule has 0 saturated heterocycles. The van der Waals surface area contributed by atoms with E-state index in [0.717, 1.165) is 12.8 Å². The second-order valence-corrected chi connectivity index (χ2v) is 13.8. The first-order chi connectivity index (χ1) is 9.97. The Labute approximate surface area is 140 Å². The maximum absolute atomic E-state index is 6.81. The van der Waals surface area contributed by atoms with Crippen molar-refractivity contribution in [2.75, 3.05) is 0 Å². The molecule has 0 spiro atoms. The fraction of sp³-hybridized carbons (Fsp3) is 0.800. The van der Waals surface area contributed by atoms with Gasteiger partial charge in [-0.05, 0) is 62.6 Å². The predicted octanol–water partition coefficient (Wildman–Crippen LogP) is 6.73. The number of hydrogen-bond acceptors (Lipinski definition) is 1. The Morgan fingerprint density at radius 1 is 1.14 bits per heavy atom. The van der Waals surface area contributed by atoms with Gasteiger partial charge in [0.2, 0.25) is 0 Å². The van der Waals surface area contributed by atoms with Crippen LogP contribution in [0.5, 0.6) is 0 Å². The van der Waals surface area contributed by atoms with Crippen LogP contribution in [0.2, 0.25) is 18.1 Å². The molecule has 2 atom stereocenters. The average molecular weight is 323 g/mol. The van der Waals surface area contributed by atoms with E-state index in [1.165, 1.54) is 12.8 Å². The monoisotopic (exact) mass is 322 g/mol. The van der Waals surface area contributed by atoms with Crippen LogP contribution < -0.4 is 0 Å². The lowest BCUT2D eigenvalue weighted by molar-refractivity contribution is 0.112. The standard InChI is InChI=1S/C20H38OSi/c1-17(2)18-13-11-9-10-12-15-20(6,16-14-18)21-22(7,8)19(3,4)5/h9-10,14,16-18H,11-13,15H2,1-8H3/b10-9-,16-14+/t18-,20-/m1/s1. The summed E-state index contributed by atoms with van der Waals surface area (Å²) < 4.78 is 6.81. The summed E-state index contributed by atoms with van der Waals surface area (Å²) in [6.45, 7) is 18.6. The fourth-order valence-electron chi connectivity index (χ4n) is 2.78. The van der Waals surface area contributed by atoms with Crippen LogP contribution in [0.25, 0.3) is 0 Å². The van der Waals surface area contributed by atoms with Crippen molar-refractivity contribution in [3.05, 3.63) is 24.3 Å². The van der Waals surface area contributed by atoms with E-state index in [0.29, 0.717) is 11.8 Å². The van der Waals surface area contributed by atoms with Crippen molar-refractivity contribution in [1.82, 2.24) is 0 Å². The Kier molecular flexibility index (Phi) is 6.70. The van der Waals surface area contributed by atoms with Gasteiger partial charge in [0.25, 0.3) is 0 Å². The Morgan fingerprint density at radius 3 is 2.27 bits per heavy atom. The van der Waals surface area contributed by atoms with Crippen LogP contribution in [0.4, 0.5) is 0 Å². The Hall–Kier alpha value is -0.343. The molecule has 0 aromatic heterocycles. The van der Waals surface area contributed by atoms with Gasteiger partial charge in [-0.15, -0.1) is 0 Å². The molecule has 2 heteroatoms. The Balaban J connectivity index is 3.00. The molecule has 0 radical (unpaired) electrons. The van der Waals surface area contributed by atoms with E-state index >= 15 is 0 Å².